The van der Waals surface area contributed by atoms with Gasteiger partial charge in [-0.2, -0.15) is 0 Å². The van der Waals surface area contributed by atoms with Crippen LogP contribution in [-0.4, -0.2) is 51.8 Å². The zero-order chi connectivity index (χ0) is 18.3. The number of nitrogens with one attached hydrogen (secondary N) is 1. The molecule has 2 aliphatic rings. The molecule has 0 saturated carbocycles. The van der Waals surface area contributed by atoms with Crippen molar-refractivity contribution >= 4 is 17.5 Å². The zero-order valence-corrected chi connectivity index (χ0v) is 14.8. The quantitative estimate of drug-likeness (QED) is 0.856. The van der Waals surface area contributed by atoms with Crippen LogP contribution in [0.4, 0.5) is 11.6 Å². The maximum absolute atomic E-state index is 12.0. The Morgan fingerprint density at radius 3 is 2.81 bits per heavy atom. The Morgan fingerprint density at radius 2 is 2.15 bits per heavy atom. The summed E-state index contributed by atoms with van der Waals surface area (Å²) in [6, 6.07) is 3.77. The number of carbonyl (C=O) groups is 1. The van der Waals surface area contributed by atoms with Crippen molar-refractivity contribution in [3.05, 3.63) is 30.2 Å². The molecule has 4 heterocycles. The van der Waals surface area contributed by atoms with Gasteiger partial charge in [-0.1, -0.05) is 0 Å². The van der Waals surface area contributed by atoms with Gasteiger partial charge in [-0.05, 0) is 32.4 Å². The van der Waals surface area contributed by atoms with Crippen molar-refractivity contribution in [2.24, 2.45) is 0 Å². The molecule has 1 saturated heterocycles. The first kappa shape index (κ1) is 16.9. The summed E-state index contributed by atoms with van der Waals surface area (Å²) in [5, 5.41) is 12.8. The lowest BCUT2D eigenvalue weighted by Gasteiger charge is -2.33. The second-order valence-electron chi connectivity index (χ2n) is 7.11. The Bertz CT molecular complexity index is 826. The van der Waals surface area contributed by atoms with Crippen LogP contribution in [0.3, 0.4) is 0 Å². The monoisotopic (exact) mass is 355 g/mol. The highest BCUT2D eigenvalue weighted by Gasteiger charge is 2.32. The minimum Gasteiger partial charge on any atom is -0.384 e. The number of rotatable bonds is 3. The zero-order valence-electron chi connectivity index (χ0n) is 14.8. The van der Waals surface area contributed by atoms with Gasteiger partial charge in [0.1, 0.15) is 5.60 Å². The summed E-state index contributed by atoms with van der Waals surface area (Å²) in [5.41, 5.74) is 1.06. The van der Waals surface area contributed by atoms with Gasteiger partial charge in [-0.3, -0.25) is 9.78 Å². The molecule has 8 heteroatoms. The number of nitrogens with zero attached hydrogens (tertiary/aromatic N) is 4. The third-order valence-electron chi connectivity index (χ3n) is 4.63. The van der Waals surface area contributed by atoms with Crippen LogP contribution in [0, 0.1) is 0 Å². The third-order valence-corrected chi connectivity index (χ3v) is 4.63. The molecule has 8 nitrogen and oxygen atoms in total. The van der Waals surface area contributed by atoms with Crippen LogP contribution in [-0.2, 0) is 15.1 Å². The maximum Gasteiger partial charge on any atom is 0.245 e. The average Bonchev–Trinajstić information content (AvgIpc) is 3.14. The number of ether oxygens (including phenoxy) is 1. The third kappa shape index (κ3) is 3.13. The summed E-state index contributed by atoms with van der Waals surface area (Å²) in [5.74, 6) is 1.03. The molecule has 1 fully saturated rings. The van der Waals surface area contributed by atoms with Crippen molar-refractivity contribution in [3.8, 4) is 11.3 Å². The summed E-state index contributed by atoms with van der Waals surface area (Å²) in [6.45, 7) is 4.90. The molecular formula is C18H21N5O3. The van der Waals surface area contributed by atoms with Crippen molar-refractivity contribution in [1.29, 1.82) is 0 Å². The Morgan fingerprint density at radius 1 is 1.31 bits per heavy atom. The van der Waals surface area contributed by atoms with Gasteiger partial charge in [-0.15, -0.1) is 0 Å². The van der Waals surface area contributed by atoms with E-state index in [-0.39, 0.29) is 18.5 Å². The molecule has 0 aromatic carbocycles. The molecule has 0 unspecified atom stereocenters. The van der Waals surface area contributed by atoms with E-state index < -0.39 is 5.60 Å². The van der Waals surface area contributed by atoms with Crippen molar-refractivity contribution in [2.75, 3.05) is 30.0 Å². The molecule has 4 rings (SSSR count). The summed E-state index contributed by atoms with van der Waals surface area (Å²) in [4.78, 5) is 27.4. The highest BCUT2D eigenvalue weighted by Crippen LogP contribution is 2.31. The molecule has 2 aromatic heterocycles. The van der Waals surface area contributed by atoms with E-state index in [1.54, 1.807) is 32.3 Å². The normalized spacial score (nSPS) is 20.0. The van der Waals surface area contributed by atoms with Crippen molar-refractivity contribution in [3.63, 3.8) is 0 Å². The van der Waals surface area contributed by atoms with Gasteiger partial charge in [0.05, 0.1) is 36.8 Å². The fraction of sp³-hybridized carbons (Fsp3) is 0.444. The number of aliphatic hydroxyl groups is 1. The molecule has 1 atom stereocenters. The van der Waals surface area contributed by atoms with Gasteiger partial charge in [0.2, 0.25) is 5.91 Å². The van der Waals surface area contributed by atoms with E-state index in [9.17, 15) is 9.90 Å². The summed E-state index contributed by atoms with van der Waals surface area (Å²) < 4.78 is 5.47. The van der Waals surface area contributed by atoms with Gasteiger partial charge >= 0.3 is 0 Å². The number of carbonyl (C=O) groups excluding carboxylic acids is 1. The fourth-order valence-electron chi connectivity index (χ4n) is 3.19. The molecule has 0 bridgehead atoms. The molecular weight excluding hydrogens is 334 g/mol. The molecule has 2 N–H and O–H groups in total. The number of hydrogen-bond acceptors (Lipinski definition) is 7. The van der Waals surface area contributed by atoms with Crippen molar-refractivity contribution in [1.82, 2.24) is 15.0 Å². The second kappa shape index (κ2) is 6.30. The van der Waals surface area contributed by atoms with E-state index in [1.807, 2.05) is 11.0 Å². The molecule has 0 aliphatic carbocycles. The van der Waals surface area contributed by atoms with Crippen LogP contribution in [0.25, 0.3) is 11.3 Å². The van der Waals surface area contributed by atoms with Crippen molar-refractivity contribution in [2.45, 2.75) is 31.9 Å². The number of aromatic nitrogens is 3. The molecule has 2 aromatic rings. The molecule has 1 amide bonds. The van der Waals surface area contributed by atoms with E-state index in [2.05, 4.69) is 15.3 Å². The van der Waals surface area contributed by atoms with Crippen LogP contribution in [0.15, 0.2) is 24.5 Å². The minimum atomic E-state index is -0.996. The van der Waals surface area contributed by atoms with Crippen LogP contribution in [0.1, 0.15) is 26.0 Å². The number of hydrogen-bond donors (Lipinski definition) is 2. The van der Waals surface area contributed by atoms with Crippen molar-refractivity contribution < 1.29 is 14.6 Å². The highest BCUT2D eigenvalue weighted by molar-refractivity contribution is 5.99. The lowest BCUT2D eigenvalue weighted by molar-refractivity contribution is -0.115. The van der Waals surface area contributed by atoms with E-state index in [0.29, 0.717) is 36.2 Å². The van der Waals surface area contributed by atoms with E-state index in [4.69, 9.17) is 9.72 Å². The number of anilines is 2. The first-order valence-electron chi connectivity index (χ1n) is 8.62. The summed E-state index contributed by atoms with van der Waals surface area (Å²) >= 11 is 0. The minimum absolute atomic E-state index is 0.0948. The number of pyridine rings is 1. The molecule has 0 radical (unpaired) electrons. The first-order valence-corrected chi connectivity index (χ1v) is 8.62. The van der Waals surface area contributed by atoms with Crippen LogP contribution in [0.2, 0.25) is 0 Å². The highest BCUT2D eigenvalue weighted by atomic mass is 16.5. The predicted molar refractivity (Wildman–Crippen MR) is 95.7 cm³/mol. The second-order valence-corrected chi connectivity index (χ2v) is 7.11. The molecule has 0 spiro atoms. The van der Waals surface area contributed by atoms with Gasteiger partial charge in [-0.25, -0.2) is 9.97 Å². The topological polar surface area (TPSA) is 100 Å². The lowest BCUT2D eigenvalue weighted by Crippen LogP contribution is -2.45. The summed E-state index contributed by atoms with van der Waals surface area (Å²) in [7, 11) is 0. The summed E-state index contributed by atoms with van der Waals surface area (Å²) in [6.07, 6.45) is 4.16. The van der Waals surface area contributed by atoms with Crippen LogP contribution >= 0.6 is 0 Å². The Kier molecular flexibility index (Phi) is 4.08. The number of fused-ring (bicyclic) bond motifs is 1. The van der Waals surface area contributed by atoms with Gasteiger partial charge in [0.15, 0.2) is 11.6 Å². The first-order chi connectivity index (χ1) is 12.4. The smallest absolute Gasteiger partial charge is 0.245 e. The fourth-order valence-corrected chi connectivity index (χ4v) is 3.19. The predicted octanol–water partition coefficient (Wildman–Crippen LogP) is 1.31. The Hall–Kier alpha value is -2.58. The largest absolute Gasteiger partial charge is 0.384 e. The van der Waals surface area contributed by atoms with E-state index >= 15 is 0 Å². The van der Waals surface area contributed by atoms with Gasteiger partial charge in [0, 0.05) is 18.4 Å². The van der Waals surface area contributed by atoms with Gasteiger partial charge < -0.3 is 20.1 Å². The Balaban J connectivity index is 1.69. The van der Waals surface area contributed by atoms with E-state index in [1.165, 1.54) is 0 Å². The SMILES string of the molecule is CC(C)(O)c1ccc(-c2cnc3c(n2)N([C@@H]2CCOC2)CC(=O)N3)cn1. The van der Waals surface area contributed by atoms with E-state index in [0.717, 1.165) is 12.0 Å². The molecule has 2 aliphatic heterocycles. The van der Waals surface area contributed by atoms with Crippen LogP contribution in [0.5, 0.6) is 0 Å². The average molecular weight is 355 g/mol. The number of amides is 1. The molecule has 136 valence electrons. The standard InChI is InChI=1S/C18H21N5O3/c1-18(2,25)14-4-3-11(7-19-14)13-8-20-16-17(21-13)23(9-15(24)22-16)12-5-6-26-10-12/h3-4,7-8,12,25H,5-6,9-10H2,1-2H3,(H,20,22,24)/t12-/m1/s1. The molecule has 26 heavy (non-hydrogen) atoms. The van der Waals surface area contributed by atoms with Gasteiger partial charge in [0.25, 0.3) is 0 Å². The van der Waals surface area contributed by atoms with Crippen LogP contribution < -0.4 is 10.2 Å². The lowest BCUT2D eigenvalue weighted by atomic mass is 10.0. The Labute approximate surface area is 151 Å². The maximum atomic E-state index is 12.0.